The number of carbonyl (C=O) groups is 1. The van der Waals surface area contributed by atoms with E-state index in [1.807, 2.05) is 24.3 Å². The van der Waals surface area contributed by atoms with E-state index in [-0.39, 0.29) is 30.0 Å². The van der Waals surface area contributed by atoms with Crippen LogP contribution in [0.15, 0.2) is 97.1 Å². The van der Waals surface area contributed by atoms with E-state index < -0.39 is 0 Å². The van der Waals surface area contributed by atoms with Crippen molar-refractivity contribution in [1.29, 1.82) is 0 Å². The van der Waals surface area contributed by atoms with E-state index in [9.17, 15) is 0 Å². The summed E-state index contributed by atoms with van der Waals surface area (Å²) in [5.41, 5.74) is 7.27. The first kappa shape index (κ1) is 32.6. The van der Waals surface area contributed by atoms with Gasteiger partial charge in [0.1, 0.15) is 12.1 Å². The van der Waals surface area contributed by atoms with Crippen LogP contribution in [0.2, 0.25) is 10.0 Å². The predicted molar refractivity (Wildman–Crippen MR) is 193 cm³/mol. The summed E-state index contributed by atoms with van der Waals surface area (Å²) in [5, 5.41) is 8.93. The van der Waals surface area contributed by atoms with Crippen LogP contribution in [0.5, 0.6) is 0 Å². The number of nitrogens with one attached hydrogen (secondary N) is 2. The van der Waals surface area contributed by atoms with Gasteiger partial charge in [-0.25, -0.2) is 0 Å². The van der Waals surface area contributed by atoms with Crippen LogP contribution in [0.4, 0.5) is 11.4 Å². The molecule has 0 amide bonds. The highest BCUT2D eigenvalue weighted by Gasteiger charge is 2.38. The first-order valence-corrected chi connectivity index (χ1v) is 17.3. The molecule has 0 fully saturated rings. The zero-order valence-corrected chi connectivity index (χ0v) is 28.3. The fourth-order valence-electron chi connectivity index (χ4n) is 7.04. The van der Waals surface area contributed by atoms with Crippen molar-refractivity contribution in [3.8, 4) is 0 Å². The minimum Gasteiger partial charge on any atom is -0.360 e. The molecule has 2 aliphatic rings. The van der Waals surface area contributed by atoms with Crippen LogP contribution in [0.25, 0.3) is 0 Å². The van der Waals surface area contributed by atoms with Gasteiger partial charge in [0.05, 0.1) is 0 Å². The number of ketones is 1. The molecule has 7 heteroatoms. The van der Waals surface area contributed by atoms with E-state index in [4.69, 9.17) is 23.2 Å². The van der Waals surface area contributed by atoms with E-state index >= 15 is 4.79 Å². The molecule has 240 valence electrons. The maximum atomic E-state index is 15.3. The van der Waals surface area contributed by atoms with Crippen molar-refractivity contribution in [3.05, 3.63) is 129 Å². The molecule has 2 heterocycles. The van der Waals surface area contributed by atoms with Crippen molar-refractivity contribution in [2.75, 3.05) is 36.0 Å². The topological polar surface area (TPSA) is 47.6 Å². The molecule has 46 heavy (non-hydrogen) atoms. The van der Waals surface area contributed by atoms with Gasteiger partial charge in [-0.1, -0.05) is 83.9 Å². The minimum absolute atomic E-state index is 0.0600. The number of hydrogen-bond donors (Lipinski definition) is 2. The normalized spacial score (nSPS) is 17.0. The number of nitrogens with zero attached hydrogens (tertiary/aromatic N) is 2. The van der Waals surface area contributed by atoms with Crippen LogP contribution in [0.3, 0.4) is 0 Å². The van der Waals surface area contributed by atoms with Crippen LogP contribution in [-0.2, 0) is 17.6 Å². The molecular formula is C39H44Cl2N4O. The fraction of sp³-hybridized carbons (Fsp3) is 0.359. The SMILES string of the molecule is CC(NCC(C(=O)C(CNC(C)c1ccc(Cl)cc1)N1CCCc2ccccc21)N1CCCc2ccccc21)c1ccc(Cl)cc1. The summed E-state index contributed by atoms with van der Waals surface area (Å²) in [6.45, 7) is 7.08. The molecule has 4 aromatic rings. The van der Waals surface area contributed by atoms with Crippen LogP contribution in [0.1, 0.15) is 61.0 Å². The third kappa shape index (κ3) is 7.44. The summed E-state index contributed by atoms with van der Waals surface area (Å²) in [5.74, 6) is 0.236. The number of aryl methyl sites for hydroxylation is 2. The van der Waals surface area contributed by atoms with E-state index in [0.29, 0.717) is 13.1 Å². The summed E-state index contributed by atoms with van der Waals surface area (Å²) < 4.78 is 0. The van der Waals surface area contributed by atoms with Crippen molar-refractivity contribution < 1.29 is 4.79 Å². The molecule has 6 rings (SSSR count). The fourth-order valence-corrected chi connectivity index (χ4v) is 7.29. The van der Waals surface area contributed by atoms with Crippen LogP contribution in [-0.4, -0.2) is 44.0 Å². The Balaban J connectivity index is 1.33. The van der Waals surface area contributed by atoms with Gasteiger partial charge in [-0.2, -0.15) is 0 Å². The second-order valence-electron chi connectivity index (χ2n) is 12.6. The summed E-state index contributed by atoms with van der Waals surface area (Å²) in [7, 11) is 0. The molecule has 0 saturated carbocycles. The maximum Gasteiger partial charge on any atom is 0.180 e. The number of carbonyl (C=O) groups excluding carboxylic acids is 1. The van der Waals surface area contributed by atoms with Crippen molar-refractivity contribution in [3.63, 3.8) is 0 Å². The summed E-state index contributed by atoms with van der Waals surface area (Å²) >= 11 is 12.4. The molecule has 0 aromatic heterocycles. The van der Waals surface area contributed by atoms with Gasteiger partial charge >= 0.3 is 0 Å². The minimum atomic E-state index is -0.345. The maximum absolute atomic E-state index is 15.3. The molecule has 2 N–H and O–H groups in total. The smallest absolute Gasteiger partial charge is 0.180 e. The zero-order chi connectivity index (χ0) is 32.0. The average molecular weight is 656 g/mol. The van der Waals surface area contributed by atoms with Gasteiger partial charge in [0, 0.05) is 59.7 Å². The van der Waals surface area contributed by atoms with E-state index in [0.717, 1.165) is 59.9 Å². The van der Waals surface area contributed by atoms with Gasteiger partial charge in [0.25, 0.3) is 0 Å². The lowest BCUT2D eigenvalue weighted by molar-refractivity contribution is -0.121. The second-order valence-corrected chi connectivity index (χ2v) is 13.5. The number of benzene rings is 4. The number of para-hydroxylation sites is 2. The van der Waals surface area contributed by atoms with Gasteiger partial charge in [0.15, 0.2) is 5.78 Å². The lowest BCUT2D eigenvalue weighted by atomic mass is 9.93. The number of rotatable bonds is 12. The van der Waals surface area contributed by atoms with E-state index in [1.165, 1.54) is 22.5 Å². The predicted octanol–water partition coefficient (Wildman–Crippen LogP) is 8.21. The Morgan fingerprint density at radius 3 is 1.43 bits per heavy atom. The lowest BCUT2D eigenvalue weighted by Crippen LogP contribution is -2.59. The Labute approximate surface area is 283 Å². The van der Waals surface area contributed by atoms with Gasteiger partial charge in [-0.3, -0.25) is 4.79 Å². The molecule has 5 nitrogen and oxygen atoms in total. The molecule has 2 aliphatic heterocycles. The third-order valence-electron chi connectivity index (χ3n) is 9.68. The highest BCUT2D eigenvalue weighted by molar-refractivity contribution is 6.30. The molecule has 0 radical (unpaired) electrons. The lowest BCUT2D eigenvalue weighted by Gasteiger charge is -2.43. The number of anilines is 2. The average Bonchev–Trinajstić information content (AvgIpc) is 3.09. The first-order chi connectivity index (χ1) is 22.4. The Hall–Kier alpha value is -3.35. The van der Waals surface area contributed by atoms with Gasteiger partial charge in [-0.05, 0) is 98.2 Å². The molecule has 4 atom stereocenters. The zero-order valence-electron chi connectivity index (χ0n) is 26.8. The molecule has 0 saturated heterocycles. The number of hydrogen-bond acceptors (Lipinski definition) is 5. The molecular weight excluding hydrogens is 611 g/mol. The van der Waals surface area contributed by atoms with Gasteiger partial charge < -0.3 is 20.4 Å². The number of Topliss-reactive ketones (excluding diaryl/α,β-unsaturated/α-hetero) is 1. The summed E-state index contributed by atoms with van der Waals surface area (Å²) in [6, 6.07) is 32.6. The van der Waals surface area contributed by atoms with E-state index in [1.54, 1.807) is 0 Å². The standard InChI is InChI=1S/C39H44Cl2N4O/c1-27(29-15-19-33(40)20-16-29)42-25-37(44-23-7-11-31-9-3-5-13-35(31)44)39(46)38(26-43-28(2)30-17-21-34(41)22-18-30)45-24-8-12-32-10-4-6-14-36(32)45/h3-6,9-10,13-22,27-28,37-38,42-43H,7-8,11-12,23-26H2,1-2H3. The highest BCUT2D eigenvalue weighted by Crippen LogP contribution is 2.33. The quantitative estimate of drug-likeness (QED) is 0.161. The number of halogens is 2. The molecule has 4 aromatic carbocycles. The van der Waals surface area contributed by atoms with Crippen molar-refractivity contribution in [2.45, 2.75) is 63.7 Å². The Kier molecular flexibility index (Phi) is 10.7. The third-order valence-corrected chi connectivity index (χ3v) is 10.2. The Morgan fingerprint density at radius 1 is 0.630 bits per heavy atom. The monoisotopic (exact) mass is 654 g/mol. The molecule has 4 unspecified atom stereocenters. The summed E-state index contributed by atoms with van der Waals surface area (Å²) in [4.78, 5) is 20.0. The Bertz CT molecular complexity index is 1490. The van der Waals surface area contributed by atoms with Crippen molar-refractivity contribution >= 4 is 40.4 Å². The van der Waals surface area contributed by atoms with E-state index in [2.05, 4.69) is 107 Å². The molecule has 0 spiro atoms. The van der Waals surface area contributed by atoms with Crippen LogP contribution in [0, 0.1) is 0 Å². The van der Waals surface area contributed by atoms with Crippen molar-refractivity contribution in [1.82, 2.24) is 10.6 Å². The Morgan fingerprint density at radius 2 is 1.02 bits per heavy atom. The second kappa shape index (κ2) is 15.0. The van der Waals surface area contributed by atoms with Crippen molar-refractivity contribution in [2.24, 2.45) is 0 Å². The van der Waals surface area contributed by atoms with Gasteiger partial charge in [0.2, 0.25) is 0 Å². The number of fused-ring (bicyclic) bond motifs is 2. The first-order valence-electron chi connectivity index (χ1n) is 16.6. The molecule has 0 bridgehead atoms. The highest BCUT2D eigenvalue weighted by atomic mass is 35.5. The van der Waals surface area contributed by atoms with Crippen LogP contribution >= 0.6 is 23.2 Å². The largest absolute Gasteiger partial charge is 0.360 e. The van der Waals surface area contributed by atoms with Crippen LogP contribution < -0.4 is 20.4 Å². The molecule has 0 aliphatic carbocycles. The summed E-state index contributed by atoms with van der Waals surface area (Å²) in [6.07, 6.45) is 4.11. The van der Waals surface area contributed by atoms with Gasteiger partial charge in [-0.15, -0.1) is 0 Å².